The summed E-state index contributed by atoms with van der Waals surface area (Å²) in [4.78, 5) is 6.07. The van der Waals surface area contributed by atoms with Crippen molar-refractivity contribution in [3.8, 4) is 0 Å². The second kappa shape index (κ2) is 2.17. The van der Waals surface area contributed by atoms with Crippen LogP contribution in [0.4, 0.5) is 0 Å². The third kappa shape index (κ3) is 1.01. The van der Waals surface area contributed by atoms with Crippen LogP contribution < -0.4 is 4.72 Å². The SMILES string of the molecule is O=[Se](O)c1ncc[nH]1. The molecule has 5 heteroatoms. The molecular weight excluding hydrogens is 175 g/mol. The van der Waals surface area contributed by atoms with Gasteiger partial charge in [-0.1, -0.05) is 0 Å². The van der Waals surface area contributed by atoms with E-state index in [0.29, 0.717) is 0 Å². The van der Waals surface area contributed by atoms with E-state index in [1.165, 1.54) is 12.4 Å². The molecule has 8 heavy (non-hydrogen) atoms. The Balaban J connectivity index is 2.93. The van der Waals surface area contributed by atoms with Gasteiger partial charge >= 0.3 is 49.3 Å². The number of nitrogens with one attached hydrogen (secondary N) is 1. The van der Waals surface area contributed by atoms with Crippen LogP contribution in [-0.4, -0.2) is 28.3 Å². The van der Waals surface area contributed by atoms with Gasteiger partial charge in [0, 0.05) is 0 Å². The first kappa shape index (κ1) is 5.62. The van der Waals surface area contributed by atoms with Crippen LogP contribution in [0.25, 0.3) is 0 Å². The van der Waals surface area contributed by atoms with E-state index in [-0.39, 0.29) is 4.72 Å². The summed E-state index contributed by atoms with van der Waals surface area (Å²) in [6.45, 7) is 0. The van der Waals surface area contributed by atoms with Gasteiger partial charge in [-0.2, -0.15) is 0 Å². The van der Waals surface area contributed by atoms with E-state index in [1.54, 1.807) is 0 Å². The summed E-state index contributed by atoms with van der Waals surface area (Å²) in [5.41, 5.74) is 0. The molecule has 0 aliphatic rings. The van der Waals surface area contributed by atoms with Gasteiger partial charge in [-0.25, -0.2) is 0 Å². The summed E-state index contributed by atoms with van der Waals surface area (Å²) in [6.07, 6.45) is 2.96. The minimum absolute atomic E-state index is 0.185. The molecule has 0 amide bonds. The predicted molar refractivity (Wildman–Crippen MR) is 26.9 cm³/mol. The number of nitrogens with zero attached hydrogens (tertiary/aromatic N) is 1. The van der Waals surface area contributed by atoms with Gasteiger partial charge in [0.1, 0.15) is 0 Å². The molecule has 0 fully saturated rings. The molecule has 0 aliphatic heterocycles. The van der Waals surface area contributed by atoms with Gasteiger partial charge in [0.25, 0.3) is 0 Å². The fourth-order valence-electron chi connectivity index (χ4n) is 0.346. The molecule has 44 valence electrons. The normalized spacial score (nSPS) is 13.6. The van der Waals surface area contributed by atoms with E-state index in [1.807, 2.05) is 0 Å². The number of hydrogen-bond acceptors (Lipinski definition) is 2. The molecule has 0 radical (unpaired) electrons. The van der Waals surface area contributed by atoms with Gasteiger partial charge < -0.3 is 0 Å². The number of rotatable bonds is 1. The summed E-state index contributed by atoms with van der Waals surface area (Å²) < 4.78 is 18.8. The van der Waals surface area contributed by atoms with Crippen molar-refractivity contribution in [1.29, 1.82) is 0 Å². The quantitative estimate of drug-likeness (QED) is 0.517. The second-order valence-corrected chi connectivity index (χ2v) is 3.00. The average Bonchev–Trinajstić information content (AvgIpc) is 2.12. The molecule has 1 atom stereocenters. The number of hydrogen-bond donors (Lipinski definition) is 2. The zero-order chi connectivity index (χ0) is 5.98. The molecule has 0 saturated carbocycles. The van der Waals surface area contributed by atoms with Crippen molar-refractivity contribution in [3.63, 3.8) is 0 Å². The summed E-state index contributed by atoms with van der Waals surface area (Å²) in [6, 6.07) is 0. The van der Waals surface area contributed by atoms with Crippen LogP contribution >= 0.6 is 0 Å². The third-order valence-corrected chi connectivity index (χ3v) is 1.80. The molecule has 0 aromatic carbocycles. The number of H-pyrrole nitrogens is 1. The average molecular weight is 179 g/mol. The zero-order valence-corrected chi connectivity index (χ0v) is 5.58. The first-order chi connectivity index (χ1) is 3.80. The first-order valence-corrected chi connectivity index (χ1v) is 4.23. The molecule has 2 N–H and O–H groups in total. The second-order valence-electron chi connectivity index (χ2n) is 1.14. The standard InChI is InChI=1S/C3H4N2O2Se/c6-8(7)3-4-1-2-5-3/h1-2H,(H,4,5)(H,6,7). The van der Waals surface area contributed by atoms with Crippen LogP contribution in [0.5, 0.6) is 0 Å². The fourth-order valence-corrected chi connectivity index (χ4v) is 1.02. The molecular formula is C3H4N2O2Se. The minimum atomic E-state index is -2.78. The van der Waals surface area contributed by atoms with Crippen molar-refractivity contribution in [1.82, 2.24) is 9.97 Å². The Hall–Kier alpha value is -0.511. The number of aromatic amines is 1. The molecule has 1 heterocycles. The monoisotopic (exact) mass is 180 g/mol. The van der Waals surface area contributed by atoms with Gasteiger partial charge in [0.15, 0.2) is 0 Å². The van der Waals surface area contributed by atoms with Crippen LogP contribution in [0.3, 0.4) is 0 Å². The molecule has 0 saturated heterocycles. The van der Waals surface area contributed by atoms with Gasteiger partial charge in [-0.15, -0.1) is 0 Å². The maximum absolute atomic E-state index is 10.2. The predicted octanol–water partition coefficient (Wildman–Crippen LogP) is -1.47. The van der Waals surface area contributed by atoms with Crippen molar-refractivity contribution in [2.75, 3.05) is 0 Å². The zero-order valence-electron chi connectivity index (χ0n) is 3.87. The Kier molecular flexibility index (Phi) is 1.53. The van der Waals surface area contributed by atoms with Crippen LogP contribution in [0.1, 0.15) is 0 Å². The Morgan fingerprint density at radius 3 is 2.88 bits per heavy atom. The molecule has 0 aliphatic carbocycles. The molecule has 4 nitrogen and oxygen atoms in total. The van der Waals surface area contributed by atoms with Crippen molar-refractivity contribution in [2.24, 2.45) is 0 Å². The van der Waals surface area contributed by atoms with Crippen LogP contribution in [0.2, 0.25) is 0 Å². The summed E-state index contributed by atoms with van der Waals surface area (Å²) in [7, 11) is 0. The van der Waals surface area contributed by atoms with Gasteiger partial charge in [0.05, 0.1) is 0 Å². The van der Waals surface area contributed by atoms with Crippen LogP contribution in [0.15, 0.2) is 12.4 Å². The van der Waals surface area contributed by atoms with Crippen molar-refractivity contribution in [3.05, 3.63) is 12.4 Å². The topological polar surface area (TPSA) is 66.0 Å². The van der Waals surface area contributed by atoms with E-state index in [0.717, 1.165) is 0 Å². The Labute approximate surface area is 50.0 Å². The third-order valence-electron chi connectivity index (χ3n) is 0.639. The van der Waals surface area contributed by atoms with E-state index in [9.17, 15) is 3.83 Å². The molecule has 1 aromatic heterocycles. The molecule has 0 spiro atoms. The van der Waals surface area contributed by atoms with E-state index in [2.05, 4.69) is 9.97 Å². The van der Waals surface area contributed by atoms with E-state index >= 15 is 0 Å². The summed E-state index contributed by atoms with van der Waals surface area (Å²) >= 11 is -2.78. The Morgan fingerprint density at radius 1 is 1.88 bits per heavy atom. The van der Waals surface area contributed by atoms with Gasteiger partial charge in [0.2, 0.25) is 0 Å². The Bertz CT molecular complexity index is 183. The van der Waals surface area contributed by atoms with Crippen molar-refractivity contribution < 1.29 is 8.02 Å². The number of aromatic nitrogens is 2. The van der Waals surface area contributed by atoms with Crippen LogP contribution in [-0.2, 0) is 3.83 Å². The molecule has 0 bridgehead atoms. The fraction of sp³-hybridized carbons (Fsp3) is 0. The van der Waals surface area contributed by atoms with Gasteiger partial charge in [-0.05, 0) is 0 Å². The van der Waals surface area contributed by atoms with E-state index < -0.39 is 14.2 Å². The Morgan fingerprint density at radius 2 is 2.62 bits per heavy atom. The summed E-state index contributed by atoms with van der Waals surface area (Å²) in [5.74, 6) is 0. The van der Waals surface area contributed by atoms with Crippen LogP contribution in [0, 0.1) is 0 Å². The number of imidazole rings is 1. The molecule has 1 unspecified atom stereocenters. The van der Waals surface area contributed by atoms with Gasteiger partial charge in [-0.3, -0.25) is 0 Å². The van der Waals surface area contributed by atoms with Crippen molar-refractivity contribution >= 4 is 18.9 Å². The van der Waals surface area contributed by atoms with Crippen molar-refractivity contribution in [2.45, 2.75) is 0 Å². The summed E-state index contributed by atoms with van der Waals surface area (Å²) in [5, 5.41) is 0. The van der Waals surface area contributed by atoms with E-state index in [4.69, 9.17) is 4.19 Å². The maximum atomic E-state index is 10.2. The first-order valence-electron chi connectivity index (χ1n) is 1.91. The molecule has 1 aromatic rings. The molecule has 1 rings (SSSR count).